The van der Waals surface area contributed by atoms with Crippen LogP contribution in [0.3, 0.4) is 0 Å². The Balaban J connectivity index is 1.81. The highest BCUT2D eigenvalue weighted by atomic mass is 16.5. The van der Waals surface area contributed by atoms with E-state index in [1.165, 1.54) is 0 Å². The first-order valence-electron chi connectivity index (χ1n) is 8.46. The van der Waals surface area contributed by atoms with Crippen molar-refractivity contribution in [1.29, 1.82) is 0 Å². The van der Waals surface area contributed by atoms with Crippen LogP contribution in [0.5, 0.6) is 11.5 Å². The topological polar surface area (TPSA) is 93.6 Å². The van der Waals surface area contributed by atoms with Crippen LogP contribution in [-0.2, 0) is 0 Å². The zero-order valence-corrected chi connectivity index (χ0v) is 14.8. The molecule has 4 rings (SSSR count). The fourth-order valence-corrected chi connectivity index (χ4v) is 3.08. The average Bonchev–Trinajstić information content (AvgIpc) is 3.15. The predicted octanol–water partition coefficient (Wildman–Crippen LogP) is 3.53. The molecule has 3 heterocycles. The minimum atomic E-state index is 0.229. The Hall–Kier alpha value is -3.67. The Morgan fingerprint density at radius 1 is 1.00 bits per heavy atom. The van der Waals surface area contributed by atoms with Gasteiger partial charge in [0.1, 0.15) is 5.75 Å². The van der Waals surface area contributed by atoms with Gasteiger partial charge in [0.25, 0.3) is 0 Å². The predicted molar refractivity (Wildman–Crippen MR) is 106 cm³/mol. The summed E-state index contributed by atoms with van der Waals surface area (Å²) >= 11 is 0. The summed E-state index contributed by atoms with van der Waals surface area (Å²) in [5, 5.41) is 9.55. The van der Waals surface area contributed by atoms with Crippen molar-refractivity contribution in [3.63, 3.8) is 0 Å². The number of pyridine rings is 2. The maximum atomic E-state index is 9.55. The van der Waals surface area contributed by atoms with Crippen LogP contribution in [0.4, 0.5) is 5.82 Å². The quantitative estimate of drug-likeness (QED) is 0.744. The van der Waals surface area contributed by atoms with Crippen molar-refractivity contribution < 1.29 is 9.84 Å². The zero-order chi connectivity index (χ0) is 18.8. The maximum absolute atomic E-state index is 9.55. The summed E-state index contributed by atoms with van der Waals surface area (Å²) in [5.41, 5.74) is 11.5. The molecule has 6 nitrogen and oxygen atoms in total. The van der Waals surface area contributed by atoms with E-state index < -0.39 is 0 Å². The van der Waals surface area contributed by atoms with Gasteiger partial charge >= 0.3 is 0 Å². The van der Waals surface area contributed by atoms with Crippen molar-refractivity contribution in [3.05, 3.63) is 77.7 Å². The molecule has 0 saturated heterocycles. The lowest BCUT2D eigenvalue weighted by Crippen LogP contribution is -2.00. The van der Waals surface area contributed by atoms with Crippen molar-refractivity contribution in [1.82, 2.24) is 9.97 Å². The molecular weight excluding hydrogens is 340 g/mol. The molecule has 0 fully saturated rings. The van der Waals surface area contributed by atoms with Gasteiger partial charge in [0, 0.05) is 36.1 Å². The molecule has 0 aliphatic carbocycles. The molecule has 1 aliphatic heterocycles. The highest BCUT2D eigenvalue weighted by molar-refractivity contribution is 6.16. The minimum Gasteiger partial charge on any atom is -0.508 e. The lowest BCUT2D eigenvalue weighted by Gasteiger charge is -2.10. The van der Waals surface area contributed by atoms with Crippen LogP contribution in [-0.4, -0.2) is 27.9 Å². The van der Waals surface area contributed by atoms with E-state index in [1.54, 1.807) is 37.8 Å². The van der Waals surface area contributed by atoms with Crippen LogP contribution in [0.1, 0.15) is 23.1 Å². The number of allylic oxidation sites excluding steroid dienone is 1. The second-order valence-electron chi connectivity index (χ2n) is 6.16. The summed E-state index contributed by atoms with van der Waals surface area (Å²) in [6.07, 6.45) is 5.87. The molecule has 0 unspecified atom stereocenters. The van der Waals surface area contributed by atoms with Gasteiger partial charge in [-0.3, -0.25) is 9.98 Å². The van der Waals surface area contributed by atoms with Crippen molar-refractivity contribution >= 4 is 22.8 Å². The van der Waals surface area contributed by atoms with Crippen molar-refractivity contribution in [3.8, 4) is 11.5 Å². The first kappa shape index (κ1) is 16.8. The third-order valence-electron chi connectivity index (χ3n) is 4.48. The fraction of sp³-hybridized carbons (Fsp3) is 0.0952. The molecule has 0 bridgehead atoms. The summed E-state index contributed by atoms with van der Waals surface area (Å²) in [6.45, 7) is 0. The molecule has 0 radical (unpaired) electrons. The Morgan fingerprint density at radius 3 is 2.44 bits per heavy atom. The van der Waals surface area contributed by atoms with Crippen molar-refractivity contribution in [2.24, 2.45) is 4.99 Å². The fourth-order valence-electron chi connectivity index (χ4n) is 3.08. The molecule has 6 heteroatoms. The number of aliphatic imine (C=N–C) groups is 1. The molecule has 1 aliphatic rings. The lowest BCUT2D eigenvalue weighted by molar-refractivity contribution is 0.415. The van der Waals surface area contributed by atoms with E-state index in [0.29, 0.717) is 18.0 Å². The number of methoxy groups -OCH3 is 1. The van der Waals surface area contributed by atoms with E-state index in [4.69, 9.17) is 15.5 Å². The van der Waals surface area contributed by atoms with E-state index >= 15 is 0 Å². The number of nitrogens with zero attached hydrogens (tertiary/aromatic N) is 3. The summed E-state index contributed by atoms with van der Waals surface area (Å²) in [7, 11) is 1.57. The van der Waals surface area contributed by atoms with E-state index in [1.807, 2.05) is 30.3 Å². The summed E-state index contributed by atoms with van der Waals surface area (Å²) in [6, 6.07) is 12.8. The highest BCUT2D eigenvalue weighted by Crippen LogP contribution is 2.38. The molecule has 2 aromatic heterocycles. The Labute approximate surface area is 156 Å². The van der Waals surface area contributed by atoms with Crippen molar-refractivity contribution in [2.45, 2.75) is 6.42 Å². The number of benzene rings is 1. The Morgan fingerprint density at radius 2 is 1.74 bits per heavy atom. The molecule has 134 valence electrons. The van der Waals surface area contributed by atoms with Gasteiger partial charge in [-0.2, -0.15) is 0 Å². The van der Waals surface area contributed by atoms with Gasteiger partial charge < -0.3 is 15.6 Å². The van der Waals surface area contributed by atoms with E-state index in [2.05, 4.69) is 9.97 Å². The lowest BCUT2D eigenvalue weighted by atomic mass is 9.97. The molecule has 3 aromatic rings. The number of hydrogen-bond donors (Lipinski definition) is 2. The monoisotopic (exact) mass is 358 g/mol. The number of aromatic nitrogens is 2. The zero-order valence-electron chi connectivity index (χ0n) is 14.8. The van der Waals surface area contributed by atoms with Crippen LogP contribution >= 0.6 is 0 Å². The smallest absolute Gasteiger partial charge is 0.166 e. The second-order valence-corrected chi connectivity index (χ2v) is 6.16. The number of ether oxygens (including phenoxy) is 1. The normalized spacial score (nSPS) is 13.6. The maximum Gasteiger partial charge on any atom is 0.166 e. The molecule has 0 spiro atoms. The second kappa shape index (κ2) is 6.92. The number of anilines is 1. The standard InChI is InChI=1S/C21H18N4O2/c1-27-19-10-15(12-24-21(19)22)17-11-18(13-2-4-16(26)5-3-13)25-20(17)14-6-8-23-9-7-14/h2-10,12,26H,11H2,1H3,(H2,22,24). The highest BCUT2D eigenvalue weighted by Gasteiger charge is 2.23. The number of nitrogens with two attached hydrogens (primary N) is 1. The minimum absolute atomic E-state index is 0.229. The molecule has 0 amide bonds. The summed E-state index contributed by atoms with van der Waals surface area (Å²) < 4.78 is 5.33. The van der Waals surface area contributed by atoms with Crippen LogP contribution < -0.4 is 10.5 Å². The summed E-state index contributed by atoms with van der Waals surface area (Å²) in [5.74, 6) is 1.12. The average molecular weight is 358 g/mol. The van der Waals surface area contributed by atoms with Crippen LogP contribution in [0.15, 0.2) is 66.0 Å². The Kier molecular flexibility index (Phi) is 4.30. The van der Waals surface area contributed by atoms with Gasteiger partial charge in [-0.1, -0.05) is 0 Å². The van der Waals surface area contributed by atoms with Crippen molar-refractivity contribution in [2.75, 3.05) is 12.8 Å². The summed E-state index contributed by atoms with van der Waals surface area (Å²) in [4.78, 5) is 13.2. The van der Waals surface area contributed by atoms with Gasteiger partial charge in [0.05, 0.1) is 18.5 Å². The van der Waals surface area contributed by atoms with E-state index in [-0.39, 0.29) is 5.75 Å². The largest absolute Gasteiger partial charge is 0.508 e. The first-order valence-corrected chi connectivity index (χ1v) is 8.46. The van der Waals surface area contributed by atoms with E-state index in [0.717, 1.165) is 33.7 Å². The van der Waals surface area contributed by atoms with Gasteiger partial charge in [0.15, 0.2) is 11.6 Å². The number of hydrogen-bond acceptors (Lipinski definition) is 6. The number of nitrogen functional groups attached to an aromatic ring is 1. The molecule has 0 saturated carbocycles. The van der Waals surface area contributed by atoms with Crippen LogP contribution in [0.25, 0.3) is 11.3 Å². The molecule has 0 atom stereocenters. The molecule has 3 N–H and O–H groups in total. The first-order chi connectivity index (χ1) is 13.2. The molecule has 1 aromatic carbocycles. The van der Waals surface area contributed by atoms with E-state index in [9.17, 15) is 5.11 Å². The molecule has 27 heavy (non-hydrogen) atoms. The Bertz CT molecular complexity index is 1040. The van der Waals surface area contributed by atoms with Gasteiger partial charge in [-0.25, -0.2) is 4.98 Å². The van der Waals surface area contributed by atoms with Gasteiger partial charge in [0.2, 0.25) is 0 Å². The number of aromatic hydroxyl groups is 1. The van der Waals surface area contributed by atoms with Crippen LogP contribution in [0.2, 0.25) is 0 Å². The third kappa shape index (κ3) is 3.25. The number of phenolic OH excluding ortho intramolecular Hbond substituents is 1. The number of phenols is 1. The van der Waals surface area contributed by atoms with Crippen LogP contribution in [0, 0.1) is 0 Å². The third-order valence-corrected chi connectivity index (χ3v) is 4.48. The number of rotatable bonds is 4. The van der Waals surface area contributed by atoms with Gasteiger partial charge in [-0.05, 0) is 53.6 Å². The SMILES string of the molecule is COc1cc(C2=C(c3ccncc3)N=C(c3ccc(O)cc3)C2)cnc1N. The van der Waals surface area contributed by atoms with Gasteiger partial charge in [-0.15, -0.1) is 0 Å². The molecular formula is C21H18N4O2.